The Morgan fingerprint density at radius 1 is 1.00 bits per heavy atom. The summed E-state index contributed by atoms with van der Waals surface area (Å²) in [4.78, 5) is 0. The fraction of sp³-hybridized carbons (Fsp3) is 0. The summed E-state index contributed by atoms with van der Waals surface area (Å²) < 4.78 is 5.19. The Kier molecular flexibility index (Phi) is 7.50. The molecule has 0 heterocycles. The molecule has 2 aromatic rings. The summed E-state index contributed by atoms with van der Waals surface area (Å²) in [5.41, 5.74) is 0. The van der Waals surface area contributed by atoms with Gasteiger partial charge in [-0.15, -0.1) is 0 Å². The van der Waals surface area contributed by atoms with Crippen LogP contribution in [0.1, 0.15) is 0 Å². The first-order valence-electron chi connectivity index (χ1n) is 4.45. The summed E-state index contributed by atoms with van der Waals surface area (Å²) in [5, 5.41) is 20.2. The smallest absolute Gasteiger partial charge is 0.165 e. The Morgan fingerprint density at radius 3 is 2.35 bits per heavy atom. The van der Waals surface area contributed by atoms with Crippen LogP contribution in [0, 0.1) is 0 Å². The van der Waals surface area contributed by atoms with Crippen LogP contribution >= 0.6 is 0 Å². The Morgan fingerprint density at radius 2 is 1.71 bits per heavy atom. The Balaban J connectivity index is 0.00000128. The zero-order valence-corrected chi connectivity index (χ0v) is 14.8. The number of hydrogen-bond donors (Lipinski definition) is 2. The molecule has 0 aliphatic rings. The van der Waals surface area contributed by atoms with E-state index in [1.807, 2.05) is 0 Å². The number of aromatic hydroxyl groups is 2. The van der Waals surface area contributed by atoms with Crippen molar-refractivity contribution in [3.8, 4) is 17.2 Å². The van der Waals surface area contributed by atoms with Crippen LogP contribution in [0.5, 0.6) is 17.2 Å². The van der Waals surface area contributed by atoms with Crippen LogP contribution in [0.4, 0.5) is 0 Å². The third-order valence-corrected chi connectivity index (χ3v) is 2.18. The van der Waals surface area contributed by atoms with Gasteiger partial charge in [0.15, 0.2) is 11.5 Å². The van der Waals surface area contributed by atoms with Crippen LogP contribution in [0.25, 0.3) is 10.8 Å². The number of rotatable bonds is 2. The molecule has 0 aliphatic carbocycles. The molecule has 0 fully saturated rings. The van der Waals surface area contributed by atoms with Crippen LogP contribution in [-0.2, 0) is 65.4 Å². The fourth-order valence-corrected chi connectivity index (χ4v) is 1.49. The van der Waals surface area contributed by atoms with Crippen molar-refractivity contribution in [3.63, 3.8) is 0 Å². The van der Waals surface area contributed by atoms with Crippen molar-refractivity contribution < 1.29 is 80.4 Å². The second-order valence-corrected chi connectivity index (χ2v) is 3.07. The molecule has 0 aliphatic heterocycles. The van der Waals surface area contributed by atoms with E-state index in [2.05, 4.69) is 6.58 Å². The fourth-order valence-electron chi connectivity index (χ4n) is 1.49. The monoisotopic (exact) mass is 380 g/mol. The van der Waals surface area contributed by atoms with Gasteiger partial charge in [-0.2, -0.15) is 0 Å². The van der Waals surface area contributed by atoms with Crippen molar-refractivity contribution in [1.29, 1.82) is 0 Å². The number of fused-ring (bicyclic) bond motifs is 1. The van der Waals surface area contributed by atoms with Gasteiger partial charge in [-0.1, -0.05) is 18.7 Å². The molecule has 0 saturated carbocycles. The molecule has 82 valence electrons. The maximum absolute atomic E-state index is 9.62. The van der Waals surface area contributed by atoms with Crippen LogP contribution in [0.3, 0.4) is 0 Å². The van der Waals surface area contributed by atoms with Crippen molar-refractivity contribution in [2.45, 2.75) is 0 Å². The normalized spacial score (nSPS) is 8.94. The predicted octanol–water partition coefficient (Wildman–Crippen LogP) is 2.77. The zero-order chi connectivity index (χ0) is 10.8. The molecule has 2 N–H and O–H groups in total. The quantitative estimate of drug-likeness (QED) is 0.623. The van der Waals surface area contributed by atoms with E-state index in [1.54, 1.807) is 24.3 Å². The van der Waals surface area contributed by atoms with Crippen molar-refractivity contribution >= 4 is 10.8 Å². The summed E-state index contributed by atoms with van der Waals surface area (Å²) in [5.74, 6) is 0.318. The maximum Gasteiger partial charge on any atom is 0.165 e. The third-order valence-electron chi connectivity index (χ3n) is 2.18. The molecule has 2 radical (unpaired) electrons. The van der Waals surface area contributed by atoms with Gasteiger partial charge in [-0.05, 0) is 18.2 Å². The first kappa shape index (κ1) is 17.0. The topological polar surface area (TPSA) is 49.7 Å². The van der Waals surface area contributed by atoms with Gasteiger partial charge >= 0.3 is 0 Å². The van der Waals surface area contributed by atoms with Gasteiger partial charge in [0.05, 0.1) is 6.26 Å². The van der Waals surface area contributed by atoms with Crippen LogP contribution in [0.2, 0.25) is 0 Å². The molecule has 0 spiro atoms. The van der Waals surface area contributed by atoms with Crippen LogP contribution < -0.4 is 4.74 Å². The molecule has 0 saturated heterocycles. The van der Waals surface area contributed by atoms with Gasteiger partial charge in [-0.25, -0.2) is 0 Å². The largest absolute Gasteiger partial charge is 0.504 e. The number of benzene rings is 2. The summed E-state index contributed by atoms with van der Waals surface area (Å²) in [7, 11) is 0. The minimum atomic E-state index is -0.141. The second-order valence-electron chi connectivity index (χ2n) is 3.07. The van der Waals surface area contributed by atoms with E-state index in [0.29, 0.717) is 11.1 Å². The molecule has 2 rings (SSSR count). The van der Waals surface area contributed by atoms with Gasteiger partial charge in [0.1, 0.15) is 5.75 Å². The molecule has 0 bridgehead atoms. The van der Waals surface area contributed by atoms with E-state index < -0.39 is 0 Å². The van der Waals surface area contributed by atoms with Gasteiger partial charge in [0.25, 0.3) is 0 Å². The van der Waals surface area contributed by atoms with E-state index in [4.69, 9.17) is 4.74 Å². The summed E-state index contributed by atoms with van der Waals surface area (Å²) in [6.07, 6.45) is 1.32. The maximum atomic E-state index is 9.62. The predicted molar refractivity (Wildman–Crippen MR) is 58.1 cm³/mol. The van der Waals surface area contributed by atoms with Crippen molar-refractivity contribution in [3.05, 3.63) is 43.2 Å². The SMILES string of the molecule is C=COc1cccc2c(O)c(O)ccc12.[Y].[Y]. The van der Waals surface area contributed by atoms with E-state index in [-0.39, 0.29) is 76.9 Å². The molecule has 5 heteroatoms. The number of phenols is 2. The van der Waals surface area contributed by atoms with Gasteiger partial charge < -0.3 is 14.9 Å². The molecule has 0 amide bonds. The summed E-state index contributed by atoms with van der Waals surface area (Å²) in [6, 6.07) is 8.32. The molecular weight excluding hydrogens is 370 g/mol. The average Bonchev–Trinajstić information content (AvgIpc) is 2.25. The first-order chi connectivity index (χ1) is 7.24. The molecule has 0 atom stereocenters. The molecule has 0 aromatic heterocycles. The summed E-state index contributed by atoms with van der Waals surface area (Å²) in [6.45, 7) is 3.47. The molecule has 2 aromatic carbocycles. The molecule has 17 heavy (non-hydrogen) atoms. The van der Waals surface area contributed by atoms with Gasteiger partial charge in [0, 0.05) is 76.2 Å². The minimum absolute atomic E-state index is 0. The van der Waals surface area contributed by atoms with Crippen LogP contribution in [-0.4, -0.2) is 10.2 Å². The number of hydrogen-bond acceptors (Lipinski definition) is 3. The number of phenolic OH excluding ortho intramolecular Hbond substituents is 2. The Bertz CT molecular complexity index is 526. The van der Waals surface area contributed by atoms with Crippen molar-refractivity contribution in [2.24, 2.45) is 0 Å². The van der Waals surface area contributed by atoms with Gasteiger partial charge in [-0.3, -0.25) is 0 Å². The minimum Gasteiger partial charge on any atom is -0.504 e. The molecular formula is C12H10O3Y2. The molecule has 0 unspecified atom stereocenters. The zero-order valence-electron chi connectivity index (χ0n) is 9.13. The number of ether oxygens (including phenoxy) is 1. The van der Waals surface area contributed by atoms with E-state index >= 15 is 0 Å². The second kappa shape index (κ2) is 7.48. The first-order valence-corrected chi connectivity index (χ1v) is 4.45. The van der Waals surface area contributed by atoms with E-state index in [0.717, 1.165) is 5.39 Å². The standard InChI is InChI=1S/C12H10O3.2Y/c1-2-15-11-5-3-4-9-8(11)6-7-10(13)12(9)14;;/h2-7,13-14H,1H2;;. The van der Waals surface area contributed by atoms with Crippen LogP contribution in [0.15, 0.2) is 43.2 Å². The van der Waals surface area contributed by atoms with E-state index in [9.17, 15) is 10.2 Å². The van der Waals surface area contributed by atoms with Crippen molar-refractivity contribution in [1.82, 2.24) is 0 Å². The van der Waals surface area contributed by atoms with Crippen molar-refractivity contribution in [2.75, 3.05) is 0 Å². The van der Waals surface area contributed by atoms with Gasteiger partial charge in [0.2, 0.25) is 0 Å². The molecule has 3 nitrogen and oxygen atoms in total. The van der Waals surface area contributed by atoms with E-state index in [1.165, 1.54) is 12.3 Å². The summed E-state index contributed by atoms with van der Waals surface area (Å²) >= 11 is 0. The Labute approximate surface area is 150 Å². The third kappa shape index (κ3) is 3.51. The average molecular weight is 380 g/mol. The Hall–Kier alpha value is 0.0478.